The van der Waals surface area contributed by atoms with Gasteiger partial charge in [-0.1, -0.05) is 23.7 Å². The van der Waals surface area contributed by atoms with E-state index in [9.17, 15) is 0 Å². The second kappa shape index (κ2) is 6.38. The second-order valence-corrected chi connectivity index (χ2v) is 5.05. The van der Waals surface area contributed by atoms with Crippen LogP contribution in [0.15, 0.2) is 42.5 Å². The van der Waals surface area contributed by atoms with Crippen LogP contribution in [-0.2, 0) is 0 Å². The first kappa shape index (κ1) is 14.3. The molecule has 2 rings (SSSR count). The Kier molecular flexibility index (Phi) is 4.57. The van der Waals surface area contributed by atoms with Crippen LogP contribution in [0.3, 0.4) is 0 Å². The zero-order valence-corrected chi connectivity index (χ0v) is 12.3. The summed E-state index contributed by atoms with van der Waals surface area (Å²) in [4.78, 5) is 0. The molecule has 5 heteroatoms. The highest BCUT2D eigenvalue weighted by Crippen LogP contribution is 2.20. The average molecular weight is 302 g/mol. The highest BCUT2D eigenvalue weighted by atomic mass is 35.5. The molecule has 0 radical (unpaired) electrons. The normalized spacial score (nSPS) is 9.65. The Bertz CT molecular complexity index is 692. The Hall–Kier alpha value is -2.09. The molecule has 2 aromatic rings. The van der Waals surface area contributed by atoms with Crippen molar-refractivity contribution in [3.8, 4) is 6.07 Å². The number of benzene rings is 2. The van der Waals surface area contributed by atoms with E-state index in [1.54, 1.807) is 18.2 Å². The van der Waals surface area contributed by atoms with Gasteiger partial charge in [-0.2, -0.15) is 5.26 Å². The van der Waals surface area contributed by atoms with Crippen molar-refractivity contribution in [3.05, 3.63) is 58.6 Å². The monoisotopic (exact) mass is 301 g/mol. The maximum atomic E-state index is 8.85. The summed E-state index contributed by atoms with van der Waals surface area (Å²) >= 11 is 11.3. The van der Waals surface area contributed by atoms with Gasteiger partial charge in [-0.3, -0.25) is 0 Å². The van der Waals surface area contributed by atoms with Gasteiger partial charge < -0.3 is 10.6 Å². The Labute approximate surface area is 128 Å². The molecule has 2 aromatic carbocycles. The van der Waals surface area contributed by atoms with E-state index in [1.165, 1.54) is 0 Å². The molecular formula is C15H12ClN3S. The maximum absolute atomic E-state index is 8.85. The molecule has 0 bridgehead atoms. The van der Waals surface area contributed by atoms with Gasteiger partial charge in [0, 0.05) is 16.4 Å². The van der Waals surface area contributed by atoms with Crippen molar-refractivity contribution >= 4 is 40.3 Å². The summed E-state index contributed by atoms with van der Waals surface area (Å²) in [7, 11) is 0. The first-order chi connectivity index (χ1) is 9.58. The Balaban J connectivity index is 2.05. The van der Waals surface area contributed by atoms with E-state index < -0.39 is 0 Å². The summed E-state index contributed by atoms with van der Waals surface area (Å²) in [6.07, 6.45) is 0. The highest BCUT2D eigenvalue weighted by molar-refractivity contribution is 7.80. The molecule has 0 atom stereocenters. The van der Waals surface area contributed by atoms with Crippen molar-refractivity contribution < 1.29 is 0 Å². The molecule has 0 aromatic heterocycles. The van der Waals surface area contributed by atoms with Gasteiger partial charge in [0.1, 0.15) is 0 Å². The van der Waals surface area contributed by atoms with Gasteiger partial charge in [0.2, 0.25) is 0 Å². The summed E-state index contributed by atoms with van der Waals surface area (Å²) in [5.74, 6) is 0. The lowest BCUT2D eigenvalue weighted by atomic mass is 10.2. The van der Waals surface area contributed by atoms with Crippen LogP contribution in [0.2, 0.25) is 5.02 Å². The number of anilines is 2. The standard InChI is InChI=1S/C15H12ClN3S/c1-10-5-6-13(8-14(10)16)19-15(20)18-12-4-2-3-11(7-12)9-17/h2-8H,1H3,(H2,18,19,20). The minimum atomic E-state index is 0.444. The number of nitrogens with zero attached hydrogens (tertiary/aromatic N) is 1. The molecule has 0 saturated carbocycles. The van der Waals surface area contributed by atoms with E-state index in [0.29, 0.717) is 15.7 Å². The van der Waals surface area contributed by atoms with Crippen LogP contribution in [0, 0.1) is 18.3 Å². The maximum Gasteiger partial charge on any atom is 0.175 e. The number of thiocarbonyl (C=S) groups is 1. The summed E-state index contributed by atoms with van der Waals surface area (Å²) in [6.45, 7) is 1.94. The lowest BCUT2D eigenvalue weighted by molar-refractivity contribution is 1.46. The lowest BCUT2D eigenvalue weighted by Crippen LogP contribution is -2.19. The third kappa shape index (κ3) is 3.70. The number of aryl methyl sites for hydroxylation is 1. The van der Waals surface area contributed by atoms with Crippen molar-refractivity contribution in [1.82, 2.24) is 0 Å². The molecule has 0 aliphatic carbocycles. The molecule has 2 N–H and O–H groups in total. The van der Waals surface area contributed by atoms with Crippen LogP contribution in [0.4, 0.5) is 11.4 Å². The number of nitriles is 1. The van der Waals surface area contributed by atoms with E-state index in [4.69, 9.17) is 29.1 Å². The Morgan fingerprint density at radius 1 is 1.15 bits per heavy atom. The Morgan fingerprint density at radius 2 is 1.85 bits per heavy atom. The summed E-state index contributed by atoms with van der Waals surface area (Å²) in [5, 5.41) is 16.1. The van der Waals surface area contributed by atoms with Crippen molar-refractivity contribution in [1.29, 1.82) is 5.26 Å². The predicted molar refractivity (Wildman–Crippen MR) is 87.2 cm³/mol. The van der Waals surface area contributed by atoms with Gasteiger partial charge in [-0.25, -0.2) is 0 Å². The first-order valence-electron chi connectivity index (χ1n) is 5.93. The van der Waals surface area contributed by atoms with E-state index >= 15 is 0 Å². The molecule has 0 aliphatic heterocycles. The van der Waals surface area contributed by atoms with Crippen LogP contribution >= 0.6 is 23.8 Å². The fourth-order valence-electron chi connectivity index (χ4n) is 1.63. The third-order valence-corrected chi connectivity index (χ3v) is 3.29. The molecule has 0 heterocycles. The van der Waals surface area contributed by atoms with Gasteiger partial charge in [-0.05, 0) is 55.0 Å². The van der Waals surface area contributed by atoms with Crippen molar-refractivity contribution in [3.63, 3.8) is 0 Å². The average Bonchev–Trinajstić information content (AvgIpc) is 2.43. The molecule has 20 heavy (non-hydrogen) atoms. The van der Waals surface area contributed by atoms with E-state index in [-0.39, 0.29) is 0 Å². The third-order valence-electron chi connectivity index (χ3n) is 2.68. The summed E-state index contributed by atoms with van der Waals surface area (Å²) < 4.78 is 0. The van der Waals surface area contributed by atoms with Crippen molar-refractivity contribution in [2.45, 2.75) is 6.92 Å². The summed E-state index contributed by atoms with van der Waals surface area (Å²) in [5.41, 5.74) is 3.17. The molecule has 0 aliphatic rings. The molecule has 0 fully saturated rings. The molecule has 3 nitrogen and oxygen atoms in total. The zero-order chi connectivity index (χ0) is 14.5. The number of rotatable bonds is 2. The van der Waals surface area contributed by atoms with Crippen LogP contribution in [-0.4, -0.2) is 5.11 Å². The topological polar surface area (TPSA) is 47.8 Å². The highest BCUT2D eigenvalue weighted by Gasteiger charge is 2.02. The minimum absolute atomic E-state index is 0.444. The first-order valence-corrected chi connectivity index (χ1v) is 6.71. The van der Waals surface area contributed by atoms with Crippen molar-refractivity contribution in [2.24, 2.45) is 0 Å². The number of hydrogen-bond acceptors (Lipinski definition) is 2. The van der Waals surface area contributed by atoms with Crippen LogP contribution < -0.4 is 10.6 Å². The number of hydrogen-bond donors (Lipinski definition) is 2. The second-order valence-electron chi connectivity index (χ2n) is 4.24. The van der Waals surface area contributed by atoms with Gasteiger partial charge in [0.05, 0.1) is 11.6 Å². The van der Waals surface area contributed by atoms with Crippen LogP contribution in [0.25, 0.3) is 0 Å². The fourth-order valence-corrected chi connectivity index (χ4v) is 2.05. The minimum Gasteiger partial charge on any atom is -0.332 e. The SMILES string of the molecule is Cc1ccc(NC(=S)Nc2cccc(C#N)c2)cc1Cl. The number of nitrogens with one attached hydrogen (secondary N) is 2. The predicted octanol–water partition coefficient (Wildman–Crippen LogP) is 4.33. The molecule has 100 valence electrons. The molecular weight excluding hydrogens is 290 g/mol. The van der Waals surface area contributed by atoms with Gasteiger partial charge >= 0.3 is 0 Å². The zero-order valence-electron chi connectivity index (χ0n) is 10.8. The van der Waals surface area contributed by atoms with Crippen LogP contribution in [0.1, 0.15) is 11.1 Å². The van der Waals surface area contributed by atoms with Crippen molar-refractivity contribution in [2.75, 3.05) is 10.6 Å². The smallest absolute Gasteiger partial charge is 0.175 e. The molecule has 0 unspecified atom stereocenters. The quantitative estimate of drug-likeness (QED) is 0.811. The van der Waals surface area contributed by atoms with Gasteiger partial charge in [-0.15, -0.1) is 0 Å². The van der Waals surface area contributed by atoms with Gasteiger partial charge in [0.15, 0.2) is 5.11 Å². The lowest BCUT2D eigenvalue weighted by Gasteiger charge is -2.11. The number of halogens is 1. The van der Waals surface area contributed by atoms with E-state index in [2.05, 4.69) is 16.7 Å². The molecule has 0 amide bonds. The molecule has 0 spiro atoms. The van der Waals surface area contributed by atoms with E-state index in [1.807, 2.05) is 31.2 Å². The van der Waals surface area contributed by atoms with Gasteiger partial charge in [0.25, 0.3) is 0 Å². The van der Waals surface area contributed by atoms with Crippen LogP contribution in [0.5, 0.6) is 0 Å². The largest absolute Gasteiger partial charge is 0.332 e. The van der Waals surface area contributed by atoms with E-state index in [0.717, 1.165) is 16.9 Å². The summed E-state index contributed by atoms with van der Waals surface area (Å²) in [6, 6.07) is 14.8. The molecule has 0 saturated heterocycles. The fraction of sp³-hybridized carbons (Fsp3) is 0.0667. The Morgan fingerprint density at radius 3 is 2.50 bits per heavy atom.